The summed E-state index contributed by atoms with van der Waals surface area (Å²) in [4.78, 5) is 16.7. The zero-order chi connectivity index (χ0) is 14.2. The van der Waals surface area contributed by atoms with E-state index in [0.29, 0.717) is 10.8 Å². The van der Waals surface area contributed by atoms with Crippen molar-refractivity contribution in [3.8, 4) is 0 Å². The van der Waals surface area contributed by atoms with Crippen molar-refractivity contribution in [1.82, 2.24) is 4.98 Å². The second kappa shape index (κ2) is 4.91. The van der Waals surface area contributed by atoms with Crippen molar-refractivity contribution >= 4 is 23.3 Å². The number of rotatable bonds is 3. The number of pyridine rings is 1. The molecular weight excluding hydrogens is 272 g/mol. The molecule has 1 aromatic heterocycles. The summed E-state index contributed by atoms with van der Waals surface area (Å²) >= 11 is 5.90. The predicted molar refractivity (Wildman–Crippen MR) is 80.0 cm³/mol. The van der Waals surface area contributed by atoms with Gasteiger partial charge in [0, 0.05) is 11.2 Å². The molecule has 20 heavy (non-hydrogen) atoms. The van der Waals surface area contributed by atoms with E-state index in [1.807, 2.05) is 43.3 Å². The molecule has 4 heteroatoms. The van der Waals surface area contributed by atoms with Gasteiger partial charge in [-0.1, -0.05) is 29.8 Å². The van der Waals surface area contributed by atoms with Crippen molar-refractivity contribution in [2.75, 3.05) is 5.32 Å². The van der Waals surface area contributed by atoms with Crippen LogP contribution in [0.25, 0.3) is 0 Å². The average Bonchev–Trinajstić information content (AvgIpc) is 3.24. The molecular formula is C16H15ClN2O. The molecule has 1 fully saturated rings. The third kappa shape index (κ3) is 2.41. The van der Waals surface area contributed by atoms with Crippen molar-refractivity contribution in [2.24, 2.45) is 0 Å². The predicted octanol–water partition coefficient (Wildman–Crippen LogP) is 3.71. The Morgan fingerprint density at radius 1 is 1.20 bits per heavy atom. The van der Waals surface area contributed by atoms with E-state index in [1.165, 1.54) is 0 Å². The van der Waals surface area contributed by atoms with Crippen molar-refractivity contribution in [1.29, 1.82) is 0 Å². The molecule has 0 radical (unpaired) electrons. The minimum Gasteiger partial charge on any atom is -0.310 e. The minimum atomic E-state index is -0.406. The number of aryl methyl sites for hydroxylation is 1. The Balaban J connectivity index is 1.79. The molecule has 102 valence electrons. The van der Waals surface area contributed by atoms with Crippen molar-refractivity contribution in [2.45, 2.75) is 25.2 Å². The largest absolute Gasteiger partial charge is 0.310 e. The van der Waals surface area contributed by atoms with Gasteiger partial charge >= 0.3 is 0 Å². The Kier molecular flexibility index (Phi) is 3.22. The first kappa shape index (κ1) is 13.1. The van der Waals surface area contributed by atoms with Crippen LogP contribution in [-0.2, 0) is 10.2 Å². The highest BCUT2D eigenvalue weighted by molar-refractivity contribution is 6.30. The van der Waals surface area contributed by atoms with Gasteiger partial charge in [0.15, 0.2) is 0 Å². The van der Waals surface area contributed by atoms with Crippen LogP contribution in [0.5, 0.6) is 0 Å². The van der Waals surface area contributed by atoms with E-state index in [0.717, 1.165) is 24.0 Å². The summed E-state index contributed by atoms with van der Waals surface area (Å²) in [6.07, 6.45) is 3.48. The van der Waals surface area contributed by atoms with Crippen molar-refractivity contribution in [3.05, 3.63) is 58.7 Å². The second-order valence-electron chi connectivity index (χ2n) is 5.26. The van der Waals surface area contributed by atoms with Crippen LogP contribution < -0.4 is 5.32 Å². The first-order valence-corrected chi connectivity index (χ1v) is 6.98. The second-order valence-corrected chi connectivity index (χ2v) is 5.70. The van der Waals surface area contributed by atoms with E-state index in [9.17, 15) is 4.79 Å². The van der Waals surface area contributed by atoms with Gasteiger partial charge in [0.05, 0.1) is 5.41 Å². The van der Waals surface area contributed by atoms with Crippen LogP contribution in [-0.4, -0.2) is 10.9 Å². The lowest BCUT2D eigenvalue weighted by Crippen LogP contribution is -2.28. The number of aromatic nitrogens is 1. The van der Waals surface area contributed by atoms with Gasteiger partial charge in [-0.15, -0.1) is 0 Å². The van der Waals surface area contributed by atoms with Gasteiger partial charge in [0.2, 0.25) is 5.91 Å². The molecule has 2 aromatic rings. The van der Waals surface area contributed by atoms with Gasteiger partial charge in [-0.05, 0) is 49.1 Å². The molecule has 0 atom stereocenters. The monoisotopic (exact) mass is 286 g/mol. The normalized spacial score (nSPS) is 15.7. The smallest absolute Gasteiger partial charge is 0.236 e. The number of carbonyl (C=O) groups is 1. The molecule has 0 aliphatic heterocycles. The van der Waals surface area contributed by atoms with Crippen LogP contribution in [0.15, 0.2) is 42.6 Å². The summed E-state index contributed by atoms with van der Waals surface area (Å²) in [5.74, 6) is 0.608. The van der Waals surface area contributed by atoms with E-state index < -0.39 is 5.41 Å². The molecule has 1 saturated carbocycles. The van der Waals surface area contributed by atoms with Gasteiger partial charge in [0.25, 0.3) is 0 Å². The summed E-state index contributed by atoms with van der Waals surface area (Å²) in [5.41, 5.74) is 1.69. The molecule has 0 saturated heterocycles. The number of benzene rings is 1. The Morgan fingerprint density at radius 2 is 1.90 bits per heavy atom. The van der Waals surface area contributed by atoms with E-state index in [4.69, 9.17) is 11.6 Å². The number of halogens is 1. The quantitative estimate of drug-likeness (QED) is 0.934. The zero-order valence-corrected chi connectivity index (χ0v) is 11.9. The van der Waals surface area contributed by atoms with Gasteiger partial charge in [-0.3, -0.25) is 4.79 Å². The number of nitrogens with zero attached hydrogens (tertiary/aromatic N) is 1. The first-order valence-electron chi connectivity index (χ1n) is 6.60. The van der Waals surface area contributed by atoms with Crippen LogP contribution in [0.2, 0.25) is 5.02 Å². The van der Waals surface area contributed by atoms with Gasteiger partial charge in [-0.25, -0.2) is 4.98 Å². The Bertz CT molecular complexity index is 631. The molecule has 1 aromatic carbocycles. The highest BCUT2D eigenvalue weighted by Gasteiger charge is 2.51. The van der Waals surface area contributed by atoms with Crippen LogP contribution >= 0.6 is 11.6 Å². The molecule has 3 nitrogen and oxygen atoms in total. The number of anilines is 1. The number of hydrogen-bond acceptors (Lipinski definition) is 2. The Labute approximate surface area is 123 Å². The van der Waals surface area contributed by atoms with Crippen LogP contribution in [0.3, 0.4) is 0 Å². The van der Waals surface area contributed by atoms with E-state index in [1.54, 1.807) is 6.20 Å². The molecule has 1 heterocycles. The van der Waals surface area contributed by atoms with Crippen LogP contribution in [0.1, 0.15) is 24.0 Å². The van der Waals surface area contributed by atoms with Crippen LogP contribution in [0.4, 0.5) is 5.82 Å². The van der Waals surface area contributed by atoms with Crippen molar-refractivity contribution in [3.63, 3.8) is 0 Å². The third-order valence-corrected chi connectivity index (χ3v) is 3.99. The fraction of sp³-hybridized carbons (Fsp3) is 0.250. The number of carbonyl (C=O) groups excluding carboxylic acids is 1. The van der Waals surface area contributed by atoms with Gasteiger partial charge in [0.1, 0.15) is 5.82 Å². The van der Waals surface area contributed by atoms with Gasteiger partial charge < -0.3 is 5.32 Å². The zero-order valence-electron chi connectivity index (χ0n) is 11.2. The summed E-state index contributed by atoms with van der Waals surface area (Å²) in [6, 6.07) is 11.3. The van der Waals surface area contributed by atoms with Crippen molar-refractivity contribution < 1.29 is 4.79 Å². The molecule has 1 aliphatic carbocycles. The molecule has 3 rings (SSSR count). The summed E-state index contributed by atoms with van der Waals surface area (Å²) < 4.78 is 0. The molecule has 0 bridgehead atoms. The minimum absolute atomic E-state index is 0.0103. The number of hydrogen-bond donors (Lipinski definition) is 1. The Hall–Kier alpha value is -1.87. The Morgan fingerprint density at radius 3 is 2.45 bits per heavy atom. The van der Waals surface area contributed by atoms with E-state index in [2.05, 4.69) is 10.3 Å². The van der Waals surface area contributed by atoms with E-state index >= 15 is 0 Å². The maximum atomic E-state index is 12.5. The van der Waals surface area contributed by atoms with E-state index in [-0.39, 0.29) is 5.91 Å². The summed E-state index contributed by atoms with van der Waals surface area (Å²) in [7, 11) is 0. The average molecular weight is 287 g/mol. The van der Waals surface area contributed by atoms with Crippen LogP contribution in [0, 0.1) is 6.92 Å². The fourth-order valence-corrected chi connectivity index (χ4v) is 2.44. The standard InChI is InChI=1S/C16H15ClN2O/c1-11-2-7-14(18-10-11)19-15(20)16(8-9-16)12-3-5-13(17)6-4-12/h2-7,10H,8-9H2,1H3,(H,18,19,20). The lowest BCUT2D eigenvalue weighted by atomic mass is 9.95. The maximum absolute atomic E-state index is 12.5. The summed E-state index contributed by atoms with van der Waals surface area (Å²) in [5, 5.41) is 3.59. The number of nitrogens with one attached hydrogen (secondary N) is 1. The molecule has 1 amide bonds. The lowest BCUT2D eigenvalue weighted by molar-refractivity contribution is -0.118. The molecule has 1 aliphatic rings. The lowest BCUT2D eigenvalue weighted by Gasteiger charge is -2.15. The molecule has 1 N–H and O–H groups in total. The highest BCUT2D eigenvalue weighted by atomic mass is 35.5. The number of amides is 1. The maximum Gasteiger partial charge on any atom is 0.236 e. The SMILES string of the molecule is Cc1ccc(NC(=O)C2(c3ccc(Cl)cc3)CC2)nc1. The third-order valence-electron chi connectivity index (χ3n) is 3.73. The highest BCUT2D eigenvalue weighted by Crippen LogP contribution is 2.49. The summed E-state index contributed by atoms with van der Waals surface area (Å²) in [6.45, 7) is 1.97. The topological polar surface area (TPSA) is 42.0 Å². The first-order chi connectivity index (χ1) is 9.60. The fourth-order valence-electron chi connectivity index (χ4n) is 2.32. The molecule has 0 spiro atoms. The molecule has 0 unspecified atom stereocenters. The van der Waals surface area contributed by atoms with Gasteiger partial charge in [-0.2, -0.15) is 0 Å².